The highest BCUT2D eigenvalue weighted by molar-refractivity contribution is 6.34. The van der Waals surface area contributed by atoms with Crippen LogP contribution in [0.5, 0.6) is 0 Å². The summed E-state index contributed by atoms with van der Waals surface area (Å²) < 4.78 is 1.85. The Morgan fingerprint density at radius 1 is 1.21 bits per heavy atom. The Hall–Kier alpha value is -1.89. The van der Waals surface area contributed by atoms with Crippen LogP contribution in [0.4, 0.5) is 5.82 Å². The standard InChI is InChI=1S/C21H29ClN6/c1-15-19(22)21-24-20(17-6-4-5-7-18(17)28(21)25-15)23-14-16-8-10-27(11-9-16)13-12-26(2)3/h4-7,16H,8-14H2,1-3H3,(H,23,24). The smallest absolute Gasteiger partial charge is 0.176 e. The van der Waals surface area contributed by atoms with Crippen molar-refractivity contribution in [3.05, 3.63) is 35.0 Å². The lowest BCUT2D eigenvalue weighted by molar-refractivity contribution is 0.175. The maximum absolute atomic E-state index is 6.45. The molecule has 0 aliphatic carbocycles. The molecule has 0 radical (unpaired) electrons. The number of benzene rings is 1. The second-order valence-electron chi connectivity index (χ2n) is 8.08. The normalized spacial score (nSPS) is 16.5. The van der Waals surface area contributed by atoms with Crippen molar-refractivity contribution in [3.8, 4) is 0 Å². The molecule has 1 saturated heterocycles. The van der Waals surface area contributed by atoms with Crippen molar-refractivity contribution >= 4 is 34.0 Å². The van der Waals surface area contributed by atoms with E-state index in [1.807, 2.05) is 23.6 Å². The van der Waals surface area contributed by atoms with E-state index in [-0.39, 0.29) is 0 Å². The summed E-state index contributed by atoms with van der Waals surface area (Å²) in [5, 5.41) is 9.88. The summed E-state index contributed by atoms with van der Waals surface area (Å²) in [6, 6.07) is 8.24. The Bertz CT molecular complexity index is 958. The number of halogens is 1. The van der Waals surface area contributed by atoms with E-state index in [1.165, 1.54) is 25.9 Å². The Labute approximate surface area is 171 Å². The van der Waals surface area contributed by atoms with E-state index in [9.17, 15) is 0 Å². The molecule has 3 heterocycles. The monoisotopic (exact) mass is 400 g/mol. The van der Waals surface area contributed by atoms with Crippen molar-refractivity contribution in [1.29, 1.82) is 0 Å². The Kier molecular flexibility index (Phi) is 5.71. The van der Waals surface area contributed by atoms with E-state index in [1.54, 1.807) is 0 Å². The van der Waals surface area contributed by atoms with Crippen molar-refractivity contribution < 1.29 is 0 Å². The zero-order valence-corrected chi connectivity index (χ0v) is 17.7. The summed E-state index contributed by atoms with van der Waals surface area (Å²) in [5.74, 6) is 1.58. The van der Waals surface area contributed by atoms with Crippen molar-refractivity contribution in [2.24, 2.45) is 5.92 Å². The summed E-state index contributed by atoms with van der Waals surface area (Å²) in [5.41, 5.74) is 2.56. The quantitative estimate of drug-likeness (QED) is 0.685. The second kappa shape index (κ2) is 8.23. The highest BCUT2D eigenvalue weighted by Gasteiger charge is 2.20. The zero-order chi connectivity index (χ0) is 19.7. The highest BCUT2D eigenvalue weighted by atomic mass is 35.5. The molecule has 1 N–H and O–H groups in total. The van der Waals surface area contributed by atoms with Gasteiger partial charge in [-0.3, -0.25) is 0 Å². The Morgan fingerprint density at radius 2 is 1.96 bits per heavy atom. The predicted octanol–water partition coefficient (Wildman–Crippen LogP) is 3.53. The zero-order valence-electron chi connectivity index (χ0n) is 17.0. The molecule has 0 bridgehead atoms. The first kappa shape index (κ1) is 19.4. The summed E-state index contributed by atoms with van der Waals surface area (Å²) in [7, 11) is 4.28. The molecule has 7 heteroatoms. The first-order chi connectivity index (χ1) is 13.5. The number of fused-ring (bicyclic) bond motifs is 3. The average molecular weight is 401 g/mol. The number of rotatable bonds is 6. The molecular formula is C21H29ClN6. The van der Waals surface area contributed by atoms with Crippen LogP contribution < -0.4 is 5.32 Å². The van der Waals surface area contributed by atoms with Crippen LogP contribution in [0.2, 0.25) is 5.02 Å². The van der Waals surface area contributed by atoms with Gasteiger partial charge in [-0.25, -0.2) is 9.50 Å². The molecule has 0 spiro atoms. The van der Waals surface area contributed by atoms with Crippen LogP contribution in [0.25, 0.3) is 16.6 Å². The maximum Gasteiger partial charge on any atom is 0.176 e. The van der Waals surface area contributed by atoms with Gasteiger partial charge in [-0.2, -0.15) is 5.10 Å². The lowest BCUT2D eigenvalue weighted by Gasteiger charge is -2.32. The fraction of sp³-hybridized carbons (Fsp3) is 0.524. The molecule has 4 rings (SSSR count). The lowest BCUT2D eigenvalue weighted by Crippen LogP contribution is -2.39. The Morgan fingerprint density at radius 3 is 2.71 bits per heavy atom. The van der Waals surface area contributed by atoms with Gasteiger partial charge in [0, 0.05) is 25.0 Å². The van der Waals surface area contributed by atoms with Gasteiger partial charge < -0.3 is 15.1 Å². The number of nitrogens with one attached hydrogen (secondary N) is 1. The van der Waals surface area contributed by atoms with E-state index >= 15 is 0 Å². The van der Waals surface area contributed by atoms with E-state index < -0.39 is 0 Å². The molecule has 1 aliphatic rings. The van der Waals surface area contributed by atoms with Crippen LogP contribution in [-0.2, 0) is 0 Å². The molecule has 0 atom stereocenters. The van der Waals surface area contributed by atoms with Gasteiger partial charge in [0.05, 0.1) is 11.2 Å². The van der Waals surface area contributed by atoms with Crippen LogP contribution in [0.15, 0.2) is 24.3 Å². The Balaban J connectivity index is 1.47. The molecule has 2 aromatic heterocycles. The van der Waals surface area contributed by atoms with Crippen LogP contribution in [0.1, 0.15) is 18.5 Å². The van der Waals surface area contributed by atoms with Crippen molar-refractivity contribution in [1.82, 2.24) is 24.4 Å². The minimum absolute atomic E-state index is 0.628. The largest absolute Gasteiger partial charge is 0.369 e. The highest BCUT2D eigenvalue weighted by Crippen LogP contribution is 2.28. The first-order valence-corrected chi connectivity index (χ1v) is 10.4. The molecule has 1 fully saturated rings. The predicted molar refractivity (Wildman–Crippen MR) is 116 cm³/mol. The van der Waals surface area contributed by atoms with Gasteiger partial charge in [-0.05, 0) is 65.0 Å². The summed E-state index contributed by atoms with van der Waals surface area (Å²) in [6.07, 6.45) is 2.46. The molecule has 0 unspecified atom stereocenters. The van der Waals surface area contributed by atoms with Crippen LogP contribution in [0, 0.1) is 12.8 Å². The van der Waals surface area contributed by atoms with Crippen molar-refractivity contribution in [2.75, 3.05) is 52.1 Å². The number of likely N-dealkylation sites (N-methyl/N-ethyl adjacent to an activating group) is 1. The third kappa shape index (κ3) is 3.95. The molecule has 0 saturated carbocycles. The van der Waals surface area contributed by atoms with Gasteiger partial charge in [-0.1, -0.05) is 23.7 Å². The molecule has 6 nitrogen and oxygen atoms in total. The fourth-order valence-electron chi connectivity index (χ4n) is 3.92. The minimum Gasteiger partial charge on any atom is -0.369 e. The third-order valence-electron chi connectivity index (χ3n) is 5.70. The molecule has 1 aliphatic heterocycles. The first-order valence-electron chi connectivity index (χ1n) is 10.1. The summed E-state index contributed by atoms with van der Waals surface area (Å²) >= 11 is 6.45. The number of aryl methyl sites for hydroxylation is 1. The van der Waals surface area contributed by atoms with E-state index in [4.69, 9.17) is 16.6 Å². The number of aromatic nitrogens is 3. The number of piperidine rings is 1. The summed E-state index contributed by atoms with van der Waals surface area (Å²) in [4.78, 5) is 9.64. The number of hydrogen-bond donors (Lipinski definition) is 1. The van der Waals surface area contributed by atoms with Gasteiger partial charge in [0.1, 0.15) is 10.8 Å². The van der Waals surface area contributed by atoms with Crippen molar-refractivity contribution in [2.45, 2.75) is 19.8 Å². The van der Waals surface area contributed by atoms with E-state index in [0.29, 0.717) is 10.9 Å². The van der Waals surface area contributed by atoms with Gasteiger partial charge in [0.25, 0.3) is 0 Å². The van der Waals surface area contributed by atoms with E-state index in [2.05, 4.69) is 46.4 Å². The van der Waals surface area contributed by atoms with Crippen LogP contribution in [0.3, 0.4) is 0 Å². The van der Waals surface area contributed by atoms with Gasteiger partial charge in [0.2, 0.25) is 0 Å². The number of likely N-dealkylation sites (tertiary alicyclic amines) is 1. The van der Waals surface area contributed by atoms with Crippen molar-refractivity contribution in [3.63, 3.8) is 0 Å². The van der Waals surface area contributed by atoms with Gasteiger partial charge in [-0.15, -0.1) is 0 Å². The third-order valence-corrected chi connectivity index (χ3v) is 6.14. The molecule has 0 amide bonds. The molecule has 28 heavy (non-hydrogen) atoms. The topological polar surface area (TPSA) is 48.7 Å². The SMILES string of the molecule is Cc1nn2c(nc(NCC3CCN(CCN(C)C)CC3)c3ccccc32)c1Cl. The maximum atomic E-state index is 6.45. The van der Waals surface area contributed by atoms with Gasteiger partial charge in [0.15, 0.2) is 5.65 Å². The van der Waals surface area contributed by atoms with Gasteiger partial charge >= 0.3 is 0 Å². The molecule has 1 aromatic carbocycles. The molecule has 3 aromatic rings. The number of anilines is 1. The number of para-hydroxylation sites is 1. The van der Waals surface area contributed by atoms with E-state index in [0.717, 1.165) is 47.7 Å². The van der Waals surface area contributed by atoms with Crippen LogP contribution >= 0.6 is 11.6 Å². The molecular weight excluding hydrogens is 372 g/mol. The fourth-order valence-corrected chi connectivity index (χ4v) is 4.08. The van der Waals surface area contributed by atoms with Crippen LogP contribution in [-0.4, -0.2) is 71.2 Å². The second-order valence-corrected chi connectivity index (χ2v) is 8.46. The number of hydrogen-bond acceptors (Lipinski definition) is 5. The summed E-state index contributed by atoms with van der Waals surface area (Å²) in [6.45, 7) is 7.52. The lowest BCUT2D eigenvalue weighted by atomic mass is 9.96. The minimum atomic E-state index is 0.628. The number of nitrogens with zero attached hydrogens (tertiary/aromatic N) is 5. The molecule has 150 valence electrons. The average Bonchev–Trinajstić information content (AvgIpc) is 2.99.